The molecule has 1 unspecified atom stereocenters. The van der Waals surface area contributed by atoms with Crippen LogP contribution in [0.3, 0.4) is 0 Å². The summed E-state index contributed by atoms with van der Waals surface area (Å²) in [5.74, 6) is -0.110. The average Bonchev–Trinajstić information content (AvgIpc) is 2.84. The number of nitrogens with one attached hydrogen (secondary N) is 1. The molecular weight excluding hydrogens is 304 g/mol. The van der Waals surface area contributed by atoms with Crippen molar-refractivity contribution >= 4 is 27.2 Å². The fourth-order valence-corrected chi connectivity index (χ4v) is 4.30. The predicted molar refractivity (Wildman–Crippen MR) is 84.8 cm³/mol. The second-order valence-corrected chi connectivity index (χ2v) is 7.75. The Kier molecular flexibility index (Phi) is 4.85. The summed E-state index contributed by atoms with van der Waals surface area (Å²) in [5, 5.41) is 2.96. The zero-order chi connectivity index (χ0) is 16.3. The number of ketones is 1. The minimum absolute atomic E-state index is 0.0251. The molecule has 7 heteroatoms. The minimum atomic E-state index is -3.02. The van der Waals surface area contributed by atoms with Crippen LogP contribution in [0.25, 0.3) is 0 Å². The molecule has 0 saturated carbocycles. The van der Waals surface area contributed by atoms with Crippen molar-refractivity contribution in [3.05, 3.63) is 29.8 Å². The predicted octanol–water partition coefficient (Wildman–Crippen LogP) is 0.947. The Labute approximate surface area is 130 Å². The zero-order valence-electron chi connectivity index (χ0n) is 12.7. The van der Waals surface area contributed by atoms with Gasteiger partial charge in [0.25, 0.3) is 0 Å². The molecule has 1 saturated heterocycles. The summed E-state index contributed by atoms with van der Waals surface area (Å²) in [6.07, 6.45) is 0.481. The van der Waals surface area contributed by atoms with E-state index in [1.807, 2.05) is 0 Å². The lowest BCUT2D eigenvalue weighted by Gasteiger charge is -2.24. The summed E-state index contributed by atoms with van der Waals surface area (Å²) in [7, 11) is -1.40. The summed E-state index contributed by atoms with van der Waals surface area (Å²) >= 11 is 0. The Bertz CT molecular complexity index is 685. The van der Waals surface area contributed by atoms with E-state index >= 15 is 0 Å². The normalized spacial score (nSPS) is 19.6. The Morgan fingerprint density at radius 3 is 2.59 bits per heavy atom. The van der Waals surface area contributed by atoms with Crippen molar-refractivity contribution in [1.29, 1.82) is 0 Å². The molecule has 120 valence electrons. The first-order valence-electron chi connectivity index (χ1n) is 7.10. The van der Waals surface area contributed by atoms with E-state index in [0.29, 0.717) is 17.7 Å². The lowest BCUT2D eigenvalue weighted by atomic mass is 10.1. The van der Waals surface area contributed by atoms with Gasteiger partial charge < -0.3 is 10.2 Å². The van der Waals surface area contributed by atoms with Crippen LogP contribution in [-0.2, 0) is 14.6 Å². The van der Waals surface area contributed by atoms with Gasteiger partial charge in [0.05, 0.1) is 18.1 Å². The van der Waals surface area contributed by atoms with Crippen LogP contribution < -0.4 is 5.32 Å². The Morgan fingerprint density at radius 2 is 2.00 bits per heavy atom. The smallest absolute Gasteiger partial charge is 0.241 e. The summed E-state index contributed by atoms with van der Waals surface area (Å²) in [6, 6.07) is 6.72. The van der Waals surface area contributed by atoms with Gasteiger partial charge in [0.1, 0.15) is 0 Å². The number of nitrogens with zero attached hydrogens (tertiary/aromatic N) is 1. The van der Waals surface area contributed by atoms with Crippen molar-refractivity contribution in [2.45, 2.75) is 19.4 Å². The molecule has 1 N–H and O–H groups in total. The van der Waals surface area contributed by atoms with Crippen LogP contribution in [0.15, 0.2) is 24.3 Å². The molecule has 0 radical (unpaired) electrons. The number of benzene rings is 1. The molecule has 1 aromatic carbocycles. The van der Waals surface area contributed by atoms with Crippen molar-refractivity contribution < 1.29 is 18.0 Å². The molecule has 0 spiro atoms. The molecule has 0 bridgehead atoms. The summed E-state index contributed by atoms with van der Waals surface area (Å²) in [5.41, 5.74) is 1.14. The van der Waals surface area contributed by atoms with Crippen LogP contribution in [0.1, 0.15) is 23.7 Å². The third-order valence-electron chi connectivity index (χ3n) is 3.89. The van der Waals surface area contributed by atoms with Crippen LogP contribution in [0.5, 0.6) is 0 Å². The van der Waals surface area contributed by atoms with Gasteiger partial charge in [-0.05, 0) is 25.5 Å². The van der Waals surface area contributed by atoms with E-state index in [4.69, 9.17) is 0 Å². The lowest BCUT2D eigenvalue weighted by molar-refractivity contribution is -0.129. The number of hydrogen-bond acceptors (Lipinski definition) is 5. The molecule has 1 atom stereocenters. The maximum Gasteiger partial charge on any atom is 0.241 e. The molecule has 0 aliphatic carbocycles. The van der Waals surface area contributed by atoms with Gasteiger partial charge in [0.2, 0.25) is 5.91 Å². The largest absolute Gasteiger partial charge is 0.376 e. The third kappa shape index (κ3) is 3.85. The monoisotopic (exact) mass is 324 g/mol. The molecule has 2 rings (SSSR count). The number of carbonyl (C=O) groups is 2. The first kappa shape index (κ1) is 16.5. The molecule has 1 heterocycles. The van der Waals surface area contributed by atoms with Crippen molar-refractivity contribution in [3.8, 4) is 0 Å². The number of rotatable bonds is 5. The number of carbonyl (C=O) groups excluding carboxylic acids is 2. The van der Waals surface area contributed by atoms with Gasteiger partial charge in [-0.25, -0.2) is 8.42 Å². The van der Waals surface area contributed by atoms with Gasteiger partial charge in [-0.1, -0.05) is 12.1 Å². The van der Waals surface area contributed by atoms with E-state index in [-0.39, 0.29) is 35.8 Å². The highest BCUT2D eigenvalue weighted by molar-refractivity contribution is 7.91. The first-order chi connectivity index (χ1) is 10.3. The maximum absolute atomic E-state index is 12.2. The SMILES string of the molecule is CC(=O)c1ccccc1NCC(=O)N(C)C1CCS(=O)(=O)C1. The molecular formula is C15H20N2O4S. The van der Waals surface area contributed by atoms with E-state index in [1.54, 1.807) is 31.3 Å². The number of amides is 1. The van der Waals surface area contributed by atoms with Crippen molar-refractivity contribution in [2.24, 2.45) is 0 Å². The molecule has 6 nitrogen and oxygen atoms in total. The van der Waals surface area contributed by atoms with Crippen molar-refractivity contribution in [1.82, 2.24) is 4.90 Å². The lowest BCUT2D eigenvalue weighted by Crippen LogP contribution is -2.41. The third-order valence-corrected chi connectivity index (χ3v) is 5.64. The standard InChI is InChI=1S/C15H20N2O4S/c1-11(18)13-5-3-4-6-14(13)16-9-15(19)17(2)12-7-8-22(20,21)10-12/h3-6,12,16H,7-10H2,1-2H3. The fourth-order valence-electron chi connectivity index (χ4n) is 2.52. The minimum Gasteiger partial charge on any atom is -0.376 e. The average molecular weight is 324 g/mol. The van der Waals surface area contributed by atoms with Gasteiger partial charge in [-0.15, -0.1) is 0 Å². The first-order valence-corrected chi connectivity index (χ1v) is 8.92. The molecule has 1 fully saturated rings. The second-order valence-electron chi connectivity index (χ2n) is 5.52. The van der Waals surface area contributed by atoms with Gasteiger partial charge in [-0.2, -0.15) is 0 Å². The van der Waals surface area contributed by atoms with E-state index in [2.05, 4.69) is 5.32 Å². The fraction of sp³-hybridized carbons (Fsp3) is 0.467. The van der Waals surface area contributed by atoms with Gasteiger partial charge >= 0.3 is 0 Å². The summed E-state index contributed by atoms with van der Waals surface area (Å²) in [6.45, 7) is 1.50. The number of para-hydroxylation sites is 1. The van der Waals surface area contributed by atoms with Gasteiger partial charge in [-0.3, -0.25) is 9.59 Å². The number of Topliss-reactive ketones (excluding diaryl/α,β-unsaturated/α-hetero) is 1. The van der Waals surface area contributed by atoms with Crippen LogP contribution >= 0.6 is 0 Å². The van der Waals surface area contributed by atoms with E-state index in [0.717, 1.165) is 0 Å². The van der Waals surface area contributed by atoms with Crippen LogP contribution in [0.2, 0.25) is 0 Å². The second kappa shape index (κ2) is 6.48. The van der Waals surface area contributed by atoms with E-state index in [9.17, 15) is 18.0 Å². The van der Waals surface area contributed by atoms with E-state index in [1.165, 1.54) is 11.8 Å². The molecule has 1 aliphatic heterocycles. The highest BCUT2D eigenvalue weighted by Crippen LogP contribution is 2.18. The summed E-state index contributed by atoms with van der Waals surface area (Å²) < 4.78 is 23.0. The highest BCUT2D eigenvalue weighted by atomic mass is 32.2. The topological polar surface area (TPSA) is 83.6 Å². The van der Waals surface area contributed by atoms with Crippen LogP contribution in [0.4, 0.5) is 5.69 Å². The van der Waals surface area contributed by atoms with E-state index < -0.39 is 9.84 Å². The maximum atomic E-state index is 12.2. The molecule has 1 aliphatic rings. The molecule has 1 amide bonds. The Morgan fingerprint density at radius 1 is 1.32 bits per heavy atom. The van der Waals surface area contributed by atoms with Gasteiger partial charge in [0.15, 0.2) is 15.6 Å². The van der Waals surface area contributed by atoms with Crippen LogP contribution in [0, 0.1) is 0 Å². The number of likely N-dealkylation sites (N-methyl/N-ethyl adjacent to an activating group) is 1. The highest BCUT2D eigenvalue weighted by Gasteiger charge is 2.32. The summed E-state index contributed by atoms with van der Waals surface area (Å²) in [4.78, 5) is 25.2. The quantitative estimate of drug-likeness (QED) is 0.815. The van der Waals surface area contributed by atoms with Crippen LogP contribution in [-0.4, -0.2) is 56.1 Å². The molecule has 22 heavy (non-hydrogen) atoms. The molecule has 0 aromatic heterocycles. The molecule has 1 aromatic rings. The van der Waals surface area contributed by atoms with Crippen molar-refractivity contribution in [2.75, 3.05) is 30.4 Å². The number of sulfone groups is 1. The Hall–Kier alpha value is -1.89. The Balaban J connectivity index is 1.97. The van der Waals surface area contributed by atoms with Crippen molar-refractivity contribution in [3.63, 3.8) is 0 Å². The zero-order valence-corrected chi connectivity index (χ0v) is 13.5. The number of hydrogen-bond donors (Lipinski definition) is 1. The van der Waals surface area contributed by atoms with Gasteiger partial charge in [0, 0.05) is 24.3 Å². The number of anilines is 1.